The van der Waals surface area contributed by atoms with Gasteiger partial charge in [0.2, 0.25) is 10.0 Å². The largest absolute Gasteiger partial charge is 0.491 e. The lowest BCUT2D eigenvalue weighted by Gasteiger charge is -2.13. The molecule has 1 atom stereocenters. The van der Waals surface area contributed by atoms with Crippen LogP contribution in [0.2, 0.25) is 0 Å². The molecule has 0 saturated heterocycles. The predicted octanol–water partition coefficient (Wildman–Crippen LogP) is 1.08. The van der Waals surface area contributed by atoms with E-state index in [1.54, 1.807) is 0 Å². The molecule has 0 saturated carbocycles. The molecule has 0 fully saturated rings. The Morgan fingerprint density at radius 2 is 2.05 bits per heavy atom. The summed E-state index contributed by atoms with van der Waals surface area (Å²) in [5.41, 5.74) is 6.43. The van der Waals surface area contributed by atoms with Gasteiger partial charge in [0.1, 0.15) is 23.1 Å². The molecule has 1 aliphatic heterocycles. The first kappa shape index (κ1) is 12.9. The molecule has 1 aromatic carbocycles. The van der Waals surface area contributed by atoms with Crippen molar-refractivity contribution in [1.29, 1.82) is 0 Å². The summed E-state index contributed by atoms with van der Waals surface area (Å²) < 4.78 is 32.7. The van der Waals surface area contributed by atoms with E-state index in [4.69, 9.17) is 10.5 Å². The van der Waals surface area contributed by atoms with Crippen LogP contribution in [0.5, 0.6) is 5.75 Å². The molecule has 0 spiro atoms. The van der Waals surface area contributed by atoms with Gasteiger partial charge in [0.05, 0.1) is 6.04 Å². The van der Waals surface area contributed by atoms with Crippen molar-refractivity contribution in [3.05, 3.63) is 48.2 Å². The molecule has 0 amide bonds. The number of nitrogen functional groups attached to an aromatic ring is 1. The van der Waals surface area contributed by atoms with Crippen LogP contribution in [-0.4, -0.2) is 20.0 Å². The molecule has 1 unspecified atom stereocenters. The van der Waals surface area contributed by atoms with E-state index >= 15 is 0 Å². The molecular formula is C13H13N3O3S. The molecule has 2 aromatic rings. The molecule has 0 radical (unpaired) electrons. The summed E-state index contributed by atoms with van der Waals surface area (Å²) in [7, 11) is -3.73. The Hall–Kier alpha value is -2.12. The Bertz CT molecular complexity index is 746. The number of sulfonamides is 1. The molecule has 0 bridgehead atoms. The zero-order valence-electron chi connectivity index (χ0n) is 10.5. The highest BCUT2D eigenvalue weighted by Crippen LogP contribution is 2.32. The Kier molecular flexibility index (Phi) is 3.07. The fraction of sp³-hybridized carbons (Fsp3) is 0.154. The van der Waals surface area contributed by atoms with E-state index in [0.717, 1.165) is 5.56 Å². The third-order valence-electron chi connectivity index (χ3n) is 3.09. The zero-order chi connectivity index (χ0) is 14.2. The summed E-state index contributed by atoms with van der Waals surface area (Å²) in [4.78, 5) is 3.77. The summed E-state index contributed by atoms with van der Waals surface area (Å²) in [5, 5.41) is 0. The lowest BCUT2D eigenvalue weighted by atomic mass is 10.1. The number of aromatic nitrogens is 1. The smallest absolute Gasteiger partial charge is 0.244 e. The minimum absolute atomic E-state index is 0.0211. The maximum absolute atomic E-state index is 12.3. The van der Waals surface area contributed by atoms with Crippen LogP contribution < -0.4 is 15.2 Å². The van der Waals surface area contributed by atoms with Gasteiger partial charge in [-0.05, 0) is 18.2 Å². The van der Waals surface area contributed by atoms with Crippen molar-refractivity contribution < 1.29 is 13.2 Å². The van der Waals surface area contributed by atoms with Crippen LogP contribution in [0, 0.1) is 0 Å². The number of nitrogens with zero attached hydrogens (tertiary/aromatic N) is 1. The van der Waals surface area contributed by atoms with Gasteiger partial charge in [0.25, 0.3) is 0 Å². The first-order valence-electron chi connectivity index (χ1n) is 6.02. The van der Waals surface area contributed by atoms with Crippen LogP contribution in [0.1, 0.15) is 11.6 Å². The van der Waals surface area contributed by atoms with E-state index in [0.29, 0.717) is 5.75 Å². The van der Waals surface area contributed by atoms with Crippen molar-refractivity contribution in [3.8, 4) is 5.75 Å². The Morgan fingerprint density at radius 1 is 1.25 bits per heavy atom. The summed E-state index contributed by atoms with van der Waals surface area (Å²) in [5.74, 6) is 0.673. The number of anilines is 1. The van der Waals surface area contributed by atoms with Crippen molar-refractivity contribution >= 4 is 15.8 Å². The molecule has 1 aliphatic rings. The fourth-order valence-electron chi connectivity index (χ4n) is 2.14. The molecule has 1 aromatic heterocycles. The van der Waals surface area contributed by atoms with Gasteiger partial charge in [0.15, 0.2) is 0 Å². The summed E-state index contributed by atoms with van der Waals surface area (Å²) in [6.07, 6.45) is 1.45. The maximum atomic E-state index is 12.3. The average molecular weight is 291 g/mol. The Morgan fingerprint density at radius 3 is 2.85 bits per heavy atom. The van der Waals surface area contributed by atoms with Crippen LogP contribution in [-0.2, 0) is 10.0 Å². The number of nitrogens with one attached hydrogen (secondary N) is 1. The molecule has 20 heavy (non-hydrogen) atoms. The van der Waals surface area contributed by atoms with Crippen LogP contribution >= 0.6 is 0 Å². The third-order valence-corrected chi connectivity index (χ3v) is 4.61. The van der Waals surface area contributed by atoms with Crippen molar-refractivity contribution in [1.82, 2.24) is 9.71 Å². The summed E-state index contributed by atoms with van der Waals surface area (Å²) in [6, 6.07) is 9.86. The predicted molar refractivity (Wildman–Crippen MR) is 73.6 cm³/mol. The number of nitrogens with two attached hydrogens (primary N) is 1. The van der Waals surface area contributed by atoms with Crippen LogP contribution in [0.4, 0.5) is 5.82 Å². The minimum atomic E-state index is -3.73. The first-order chi connectivity index (χ1) is 9.58. The van der Waals surface area contributed by atoms with Crippen LogP contribution in [0.25, 0.3) is 0 Å². The summed E-state index contributed by atoms with van der Waals surface area (Å²) >= 11 is 0. The number of benzene rings is 1. The van der Waals surface area contributed by atoms with Crippen molar-refractivity contribution in [2.75, 3.05) is 12.3 Å². The fourth-order valence-corrected chi connectivity index (χ4v) is 3.42. The normalized spacial score (nSPS) is 17.5. The first-order valence-corrected chi connectivity index (χ1v) is 7.51. The van der Waals surface area contributed by atoms with Gasteiger partial charge >= 0.3 is 0 Å². The highest BCUT2D eigenvalue weighted by Gasteiger charge is 2.29. The van der Waals surface area contributed by atoms with Gasteiger partial charge in [-0.25, -0.2) is 13.4 Å². The van der Waals surface area contributed by atoms with E-state index < -0.39 is 16.1 Å². The van der Waals surface area contributed by atoms with Crippen molar-refractivity contribution in [3.63, 3.8) is 0 Å². The van der Waals surface area contributed by atoms with Crippen LogP contribution in [0.15, 0.2) is 47.5 Å². The Balaban J connectivity index is 1.91. The van der Waals surface area contributed by atoms with Gasteiger partial charge in [-0.15, -0.1) is 0 Å². The second kappa shape index (κ2) is 4.77. The maximum Gasteiger partial charge on any atom is 0.244 e. The number of hydrogen-bond acceptors (Lipinski definition) is 5. The molecular weight excluding hydrogens is 278 g/mol. The van der Waals surface area contributed by atoms with E-state index in [1.165, 1.54) is 18.3 Å². The summed E-state index contributed by atoms with van der Waals surface area (Å²) in [6.45, 7) is 0.263. The van der Waals surface area contributed by atoms with Crippen molar-refractivity contribution in [2.24, 2.45) is 0 Å². The lowest BCUT2D eigenvalue weighted by Crippen LogP contribution is -2.30. The average Bonchev–Trinajstić information content (AvgIpc) is 2.82. The highest BCUT2D eigenvalue weighted by molar-refractivity contribution is 7.89. The van der Waals surface area contributed by atoms with Gasteiger partial charge in [-0.1, -0.05) is 18.2 Å². The molecule has 2 heterocycles. The number of ether oxygens (including phenoxy) is 1. The van der Waals surface area contributed by atoms with E-state index in [9.17, 15) is 8.42 Å². The SMILES string of the molecule is Nc1ncccc1S(=O)(=O)NC1COc2ccccc21. The van der Waals surface area contributed by atoms with E-state index in [1.807, 2.05) is 24.3 Å². The molecule has 6 nitrogen and oxygen atoms in total. The highest BCUT2D eigenvalue weighted by atomic mass is 32.2. The second-order valence-electron chi connectivity index (χ2n) is 4.41. The van der Waals surface area contributed by atoms with E-state index in [-0.39, 0.29) is 17.3 Å². The topological polar surface area (TPSA) is 94.3 Å². The monoisotopic (exact) mass is 291 g/mol. The zero-order valence-corrected chi connectivity index (χ0v) is 11.3. The molecule has 104 valence electrons. The third kappa shape index (κ3) is 2.21. The van der Waals surface area contributed by atoms with Gasteiger partial charge in [0, 0.05) is 11.8 Å². The quantitative estimate of drug-likeness (QED) is 0.882. The molecule has 0 aliphatic carbocycles. The lowest BCUT2D eigenvalue weighted by molar-refractivity contribution is 0.325. The molecule has 3 rings (SSSR count). The number of rotatable bonds is 3. The number of pyridine rings is 1. The number of fused-ring (bicyclic) bond motifs is 1. The minimum Gasteiger partial charge on any atom is -0.491 e. The molecule has 3 N–H and O–H groups in total. The van der Waals surface area contributed by atoms with Gasteiger partial charge < -0.3 is 10.5 Å². The van der Waals surface area contributed by atoms with Gasteiger partial charge in [-0.2, -0.15) is 4.72 Å². The Labute approximate surface area is 116 Å². The standard InChI is InChI=1S/C13H13N3O3S/c14-13-12(6-3-7-15-13)20(17,18)16-10-8-19-11-5-2-1-4-9(10)11/h1-7,10,16H,8H2,(H2,14,15). The van der Waals surface area contributed by atoms with E-state index in [2.05, 4.69) is 9.71 Å². The molecule has 7 heteroatoms. The number of hydrogen-bond donors (Lipinski definition) is 2. The van der Waals surface area contributed by atoms with Gasteiger partial charge in [-0.3, -0.25) is 0 Å². The van der Waals surface area contributed by atoms with Crippen LogP contribution in [0.3, 0.4) is 0 Å². The number of para-hydroxylation sites is 1. The second-order valence-corrected chi connectivity index (χ2v) is 6.09. The van der Waals surface area contributed by atoms with Crippen molar-refractivity contribution in [2.45, 2.75) is 10.9 Å².